The number of piperazine rings is 1. The monoisotopic (exact) mass is 206 g/mol. The third-order valence-corrected chi connectivity index (χ3v) is 3.63. The van der Waals surface area contributed by atoms with Crippen molar-refractivity contribution in [2.45, 2.75) is 31.8 Å². The van der Waals surface area contributed by atoms with Gasteiger partial charge in [0.15, 0.2) is 0 Å². The van der Waals surface area contributed by atoms with E-state index in [9.17, 15) is 0 Å². The lowest BCUT2D eigenvalue weighted by Gasteiger charge is -2.37. The molecule has 3 rings (SSSR count). The fourth-order valence-electron chi connectivity index (χ4n) is 2.89. The van der Waals surface area contributed by atoms with Crippen molar-refractivity contribution in [3.8, 4) is 0 Å². The number of fused-ring (bicyclic) bond motifs is 1. The zero-order valence-electron chi connectivity index (χ0n) is 9.20. The largest absolute Gasteiger partial charge is 0.465 e. The van der Waals surface area contributed by atoms with Gasteiger partial charge in [0.05, 0.1) is 6.04 Å². The van der Waals surface area contributed by atoms with Crippen molar-refractivity contribution in [2.75, 3.05) is 19.6 Å². The summed E-state index contributed by atoms with van der Waals surface area (Å²) in [5.41, 5.74) is 0. The first-order valence-corrected chi connectivity index (χ1v) is 5.87. The summed E-state index contributed by atoms with van der Waals surface area (Å²) < 4.78 is 5.75. The zero-order valence-corrected chi connectivity index (χ0v) is 9.20. The van der Waals surface area contributed by atoms with Gasteiger partial charge in [-0.15, -0.1) is 0 Å². The fraction of sp³-hybridized carbons (Fsp3) is 0.667. The smallest absolute Gasteiger partial charge is 0.122 e. The highest BCUT2D eigenvalue weighted by Crippen LogP contribution is 2.32. The molecule has 0 aromatic carbocycles. The van der Waals surface area contributed by atoms with Gasteiger partial charge in [0.25, 0.3) is 0 Å². The van der Waals surface area contributed by atoms with E-state index >= 15 is 0 Å². The van der Waals surface area contributed by atoms with Gasteiger partial charge in [-0.1, -0.05) is 0 Å². The number of rotatable bonds is 1. The van der Waals surface area contributed by atoms with Crippen LogP contribution in [0.1, 0.15) is 30.4 Å². The average molecular weight is 206 g/mol. The van der Waals surface area contributed by atoms with Crippen molar-refractivity contribution in [3.05, 3.63) is 23.7 Å². The van der Waals surface area contributed by atoms with Gasteiger partial charge < -0.3 is 9.73 Å². The Bertz CT molecular complexity index is 347. The Morgan fingerprint density at radius 3 is 3.13 bits per heavy atom. The lowest BCUT2D eigenvalue weighted by Crippen LogP contribution is -2.49. The highest BCUT2D eigenvalue weighted by atomic mass is 16.3. The number of nitrogens with zero attached hydrogens (tertiary/aromatic N) is 1. The normalized spacial score (nSPS) is 31.8. The van der Waals surface area contributed by atoms with E-state index in [-0.39, 0.29) is 0 Å². The molecule has 3 nitrogen and oxygen atoms in total. The van der Waals surface area contributed by atoms with Crippen LogP contribution in [0.4, 0.5) is 0 Å². The predicted molar refractivity (Wildman–Crippen MR) is 58.8 cm³/mol. The number of hydrogen-bond donors (Lipinski definition) is 1. The van der Waals surface area contributed by atoms with Crippen molar-refractivity contribution < 1.29 is 4.42 Å². The van der Waals surface area contributed by atoms with Gasteiger partial charge in [0, 0.05) is 19.1 Å². The van der Waals surface area contributed by atoms with Crippen molar-refractivity contribution in [3.63, 3.8) is 0 Å². The van der Waals surface area contributed by atoms with Crippen molar-refractivity contribution in [1.29, 1.82) is 0 Å². The number of nitrogens with one attached hydrogen (secondary N) is 1. The van der Waals surface area contributed by atoms with E-state index in [0.717, 1.165) is 30.7 Å². The predicted octanol–water partition coefficient (Wildman–Crippen LogP) is 1.70. The minimum absolute atomic E-state index is 0.458. The Labute approximate surface area is 90.4 Å². The van der Waals surface area contributed by atoms with Gasteiger partial charge in [-0.3, -0.25) is 4.90 Å². The zero-order chi connectivity index (χ0) is 10.3. The van der Waals surface area contributed by atoms with E-state index in [1.54, 1.807) is 0 Å². The second kappa shape index (κ2) is 3.65. The van der Waals surface area contributed by atoms with Crippen LogP contribution in [0, 0.1) is 6.92 Å². The maximum atomic E-state index is 5.75. The number of hydrogen-bond acceptors (Lipinski definition) is 3. The molecule has 0 bridgehead atoms. The third kappa shape index (κ3) is 1.60. The Morgan fingerprint density at radius 1 is 1.40 bits per heavy atom. The summed E-state index contributed by atoms with van der Waals surface area (Å²) in [6.45, 7) is 5.43. The first-order valence-electron chi connectivity index (χ1n) is 5.87. The molecule has 15 heavy (non-hydrogen) atoms. The van der Waals surface area contributed by atoms with Gasteiger partial charge in [-0.25, -0.2) is 0 Å². The van der Waals surface area contributed by atoms with Crippen LogP contribution in [0.25, 0.3) is 0 Å². The summed E-state index contributed by atoms with van der Waals surface area (Å²) in [6.07, 6.45) is 2.67. The quantitative estimate of drug-likeness (QED) is 0.758. The second-order valence-corrected chi connectivity index (χ2v) is 4.66. The molecular formula is C12H18N2O. The molecule has 2 aliphatic heterocycles. The average Bonchev–Trinajstić information content (AvgIpc) is 2.84. The molecule has 0 amide bonds. The molecule has 2 aliphatic rings. The molecule has 0 saturated carbocycles. The lowest BCUT2D eigenvalue weighted by atomic mass is 10.1. The summed E-state index contributed by atoms with van der Waals surface area (Å²) in [7, 11) is 0. The van der Waals surface area contributed by atoms with Crippen LogP contribution in [0.2, 0.25) is 0 Å². The topological polar surface area (TPSA) is 28.4 Å². The Balaban J connectivity index is 1.85. The Morgan fingerprint density at radius 2 is 2.33 bits per heavy atom. The molecule has 1 aromatic heterocycles. The van der Waals surface area contributed by atoms with Gasteiger partial charge >= 0.3 is 0 Å². The SMILES string of the molecule is Cc1ccc(C2CNC[C@@H]3CCCN23)o1. The number of furan rings is 1. The Kier molecular flexibility index (Phi) is 2.29. The van der Waals surface area contributed by atoms with Crippen molar-refractivity contribution >= 4 is 0 Å². The molecule has 0 spiro atoms. The molecular weight excluding hydrogens is 188 g/mol. The molecule has 2 atom stereocenters. The first kappa shape index (κ1) is 9.43. The van der Waals surface area contributed by atoms with Crippen LogP contribution < -0.4 is 5.32 Å². The van der Waals surface area contributed by atoms with E-state index in [4.69, 9.17) is 4.42 Å². The fourth-order valence-corrected chi connectivity index (χ4v) is 2.89. The minimum Gasteiger partial charge on any atom is -0.465 e. The van der Waals surface area contributed by atoms with Gasteiger partial charge in [-0.2, -0.15) is 0 Å². The van der Waals surface area contributed by atoms with Crippen LogP contribution in [0.5, 0.6) is 0 Å². The molecule has 1 unspecified atom stereocenters. The second-order valence-electron chi connectivity index (χ2n) is 4.66. The lowest BCUT2D eigenvalue weighted by molar-refractivity contribution is 0.120. The van der Waals surface area contributed by atoms with Crippen molar-refractivity contribution in [2.24, 2.45) is 0 Å². The van der Waals surface area contributed by atoms with Crippen LogP contribution >= 0.6 is 0 Å². The van der Waals surface area contributed by atoms with Crippen LogP contribution in [0.15, 0.2) is 16.5 Å². The highest BCUT2D eigenvalue weighted by molar-refractivity contribution is 5.12. The maximum absolute atomic E-state index is 5.75. The molecule has 0 aliphatic carbocycles. The van der Waals surface area contributed by atoms with E-state index in [0.29, 0.717) is 6.04 Å². The Hall–Kier alpha value is -0.800. The van der Waals surface area contributed by atoms with Crippen LogP contribution in [-0.2, 0) is 0 Å². The molecule has 3 heteroatoms. The highest BCUT2D eigenvalue weighted by Gasteiger charge is 2.35. The first-order chi connectivity index (χ1) is 7.34. The van der Waals surface area contributed by atoms with E-state index in [1.165, 1.54) is 19.4 Å². The molecule has 1 aromatic rings. The summed E-state index contributed by atoms with van der Waals surface area (Å²) in [6, 6.07) is 5.38. The van der Waals surface area contributed by atoms with Gasteiger partial charge in [-0.05, 0) is 38.4 Å². The molecule has 82 valence electrons. The summed E-state index contributed by atoms with van der Waals surface area (Å²) in [4.78, 5) is 2.61. The molecule has 0 radical (unpaired) electrons. The standard InChI is InChI=1S/C12H18N2O/c1-9-4-5-12(15-9)11-8-13-7-10-3-2-6-14(10)11/h4-5,10-11,13H,2-3,6-8H2,1H3/t10-,11?/m0/s1. The third-order valence-electron chi connectivity index (χ3n) is 3.63. The van der Waals surface area contributed by atoms with E-state index < -0.39 is 0 Å². The van der Waals surface area contributed by atoms with Crippen LogP contribution in [-0.4, -0.2) is 30.6 Å². The van der Waals surface area contributed by atoms with Crippen LogP contribution in [0.3, 0.4) is 0 Å². The van der Waals surface area contributed by atoms with Gasteiger partial charge in [0.1, 0.15) is 11.5 Å². The minimum atomic E-state index is 0.458. The number of aryl methyl sites for hydroxylation is 1. The molecule has 3 heterocycles. The van der Waals surface area contributed by atoms with E-state index in [1.807, 2.05) is 6.92 Å². The molecule has 2 saturated heterocycles. The summed E-state index contributed by atoms with van der Waals surface area (Å²) >= 11 is 0. The summed E-state index contributed by atoms with van der Waals surface area (Å²) in [5.74, 6) is 2.15. The maximum Gasteiger partial charge on any atom is 0.122 e. The summed E-state index contributed by atoms with van der Waals surface area (Å²) in [5, 5.41) is 3.51. The molecule has 1 N–H and O–H groups in total. The van der Waals surface area contributed by atoms with Gasteiger partial charge in [0.2, 0.25) is 0 Å². The van der Waals surface area contributed by atoms with Crippen molar-refractivity contribution in [1.82, 2.24) is 10.2 Å². The van der Waals surface area contributed by atoms with E-state index in [2.05, 4.69) is 22.3 Å². The molecule has 2 fully saturated rings.